The number of hydrogen-bond donors (Lipinski definition) is 1. The van der Waals surface area contributed by atoms with Gasteiger partial charge in [0, 0.05) is 19.3 Å². The van der Waals surface area contributed by atoms with Crippen molar-refractivity contribution in [3.8, 4) is 0 Å². The second-order valence-electron chi connectivity index (χ2n) is 7.19. The van der Waals surface area contributed by atoms with Crippen LogP contribution in [-0.4, -0.2) is 37.1 Å². The Bertz CT molecular complexity index is 947. The summed E-state index contributed by atoms with van der Waals surface area (Å²) in [4.78, 5) is 30.3. The number of ether oxygens (including phenoxy) is 1. The van der Waals surface area contributed by atoms with E-state index < -0.39 is 23.6 Å². The Morgan fingerprint density at radius 3 is 2.73 bits per heavy atom. The van der Waals surface area contributed by atoms with Gasteiger partial charge in [-0.15, -0.1) is 0 Å². The highest BCUT2D eigenvalue weighted by atomic mass is 19.4. The summed E-state index contributed by atoms with van der Waals surface area (Å²) >= 11 is 0. The zero-order valence-corrected chi connectivity index (χ0v) is 16.6. The molecule has 0 aliphatic carbocycles. The van der Waals surface area contributed by atoms with Crippen LogP contribution in [-0.2, 0) is 15.7 Å². The first-order valence-electron chi connectivity index (χ1n) is 9.47. The van der Waals surface area contributed by atoms with Crippen LogP contribution in [0.25, 0.3) is 0 Å². The first-order valence-corrected chi connectivity index (χ1v) is 9.47. The van der Waals surface area contributed by atoms with E-state index in [-0.39, 0.29) is 23.8 Å². The Morgan fingerprint density at radius 2 is 2.03 bits per heavy atom. The number of rotatable bonds is 4. The molecule has 9 heteroatoms. The lowest BCUT2D eigenvalue weighted by Gasteiger charge is -2.34. The van der Waals surface area contributed by atoms with Gasteiger partial charge in [-0.1, -0.05) is 11.6 Å². The summed E-state index contributed by atoms with van der Waals surface area (Å²) in [5.41, 5.74) is 0.538. The molecule has 0 saturated carbocycles. The van der Waals surface area contributed by atoms with Crippen LogP contribution >= 0.6 is 0 Å². The van der Waals surface area contributed by atoms with Crippen molar-refractivity contribution in [2.24, 2.45) is 5.92 Å². The Labute approximate surface area is 172 Å². The van der Waals surface area contributed by atoms with Crippen LogP contribution in [0.1, 0.15) is 34.3 Å². The van der Waals surface area contributed by atoms with Gasteiger partial charge in [0.05, 0.1) is 29.8 Å². The first-order chi connectivity index (χ1) is 14.2. The summed E-state index contributed by atoms with van der Waals surface area (Å²) in [5, 5.41) is 2.73. The van der Waals surface area contributed by atoms with E-state index in [4.69, 9.17) is 4.74 Å². The minimum absolute atomic E-state index is 0.103. The highest BCUT2D eigenvalue weighted by molar-refractivity contribution is 6.02. The molecule has 1 amide bonds. The number of alkyl halides is 3. The highest BCUT2D eigenvalue weighted by Gasteiger charge is 2.37. The van der Waals surface area contributed by atoms with Gasteiger partial charge < -0.3 is 15.0 Å². The molecule has 30 heavy (non-hydrogen) atoms. The smallest absolute Gasteiger partial charge is 0.419 e. The number of carbonyl (C=O) groups is 2. The summed E-state index contributed by atoms with van der Waals surface area (Å²) in [6.45, 7) is 2.29. The third-order valence-electron chi connectivity index (χ3n) is 5.02. The van der Waals surface area contributed by atoms with E-state index in [0.29, 0.717) is 25.1 Å². The molecular formula is C21H22F3N3O3. The summed E-state index contributed by atoms with van der Waals surface area (Å²) in [6, 6.07) is 7.20. The number of hydrogen-bond acceptors (Lipinski definition) is 5. The molecule has 1 aliphatic heterocycles. The van der Waals surface area contributed by atoms with E-state index in [1.807, 2.05) is 6.92 Å². The molecule has 1 aliphatic rings. The summed E-state index contributed by atoms with van der Waals surface area (Å²) in [7, 11) is 1.25. The summed E-state index contributed by atoms with van der Waals surface area (Å²) in [5.74, 6) is -1.66. The second kappa shape index (κ2) is 8.73. The maximum atomic E-state index is 13.3. The minimum atomic E-state index is -4.53. The molecule has 1 aromatic carbocycles. The molecule has 6 nitrogen and oxygen atoms in total. The third-order valence-corrected chi connectivity index (χ3v) is 5.02. The van der Waals surface area contributed by atoms with E-state index in [2.05, 4.69) is 10.3 Å². The monoisotopic (exact) mass is 421 g/mol. The predicted molar refractivity (Wildman–Crippen MR) is 105 cm³/mol. The molecule has 2 aromatic rings. The number of aryl methyl sites for hydroxylation is 1. The van der Waals surface area contributed by atoms with Crippen LogP contribution in [0.3, 0.4) is 0 Å². The van der Waals surface area contributed by atoms with Gasteiger partial charge in [0.2, 0.25) is 5.91 Å². The highest BCUT2D eigenvalue weighted by Crippen LogP contribution is 2.36. The van der Waals surface area contributed by atoms with Gasteiger partial charge in [-0.25, -0.2) is 9.78 Å². The molecule has 3 rings (SSSR count). The second-order valence-corrected chi connectivity index (χ2v) is 7.19. The number of piperidine rings is 1. The Hall–Kier alpha value is -3.10. The molecule has 160 valence electrons. The Balaban J connectivity index is 1.79. The van der Waals surface area contributed by atoms with Crippen molar-refractivity contribution < 1.29 is 27.5 Å². The van der Waals surface area contributed by atoms with E-state index >= 15 is 0 Å². The van der Waals surface area contributed by atoms with Crippen molar-refractivity contribution in [1.82, 2.24) is 4.98 Å². The number of benzene rings is 1. The van der Waals surface area contributed by atoms with E-state index in [1.54, 1.807) is 18.2 Å². The Morgan fingerprint density at radius 1 is 1.27 bits per heavy atom. The molecule has 1 atom stereocenters. The average Bonchev–Trinajstić information content (AvgIpc) is 2.74. The van der Waals surface area contributed by atoms with Crippen molar-refractivity contribution in [2.45, 2.75) is 25.9 Å². The maximum absolute atomic E-state index is 13.3. The summed E-state index contributed by atoms with van der Waals surface area (Å²) < 4.78 is 44.8. The lowest BCUT2D eigenvalue weighted by atomic mass is 9.96. The number of anilines is 2. The van der Waals surface area contributed by atoms with E-state index in [0.717, 1.165) is 11.6 Å². The molecule has 1 fully saturated rings. The largest absolute Gasteiger partial charge is 0.465 e. The average molecular weight is 421 g/mol. The quantitative estimate of drug-likeness (QED) is 0.755. The van der Waals surface area contributed by atoms with Crippen LogP contribution < -0.4 is 10.2 Å². The fraction of sp³-hybridized carbons (Fsp3) is 0.381. The number of carbonyl (C=O) groups excluding carboxylic acids is 2. The van der Waals surface area contributed by atoms with Crippen molar-refractivity contribution in [3.63, 3.8) is 0 Å². The van der Waals surface area contributed by atoms with E-state index in [9.17, 15) is 22.8 Å². The van der Waals surface area contributed by atoms with Gasteiger partial charge in [0.15, 0.2) is 0 Å². The van der Waals surface area contributed by atoms with Gasteiger partial charge >= 0.3 is 12.1 Å². The van der Waals surface area contributed by atoms with Crippen molar-refractivity contribution in [1.29, 1.82) is 0 Å². The molecule has 0 spiro atoms. The third kappa shape index (κ3) is 4.72. The van der Waals surface area contributed by atoms with Crippen LogP contribution in [0.2, 0.25) is 0 Å². The number of aromatic nitrogens is 1. The topological polar surface area (TPSA) is 71.5 Å². The molecule has 1 saturated heterocycles. The molecule has 1 unspecified atom stereocenters. The predicted octanol–water partition coefficient (Wildman–Crippen LogP) is 4.05. The standard InChI is InChI=1S/C21H22F3N3O3/c1-13-7-8-17(15(11-13)20(29)30-2)26-19(28)14-5-4-10-27(12-14)18-16(21(22,23)24)6-3-9-25-18/h3,6-9,11,14H,4-5,10,12H2,1-2H3,(H,26,28). The zero-order valence-electron chi connectivity index (χ0n) is 16.6. The minimum Gasteiger partial charge on any atom is -0.465 e. The normalized spacial score (nSPS) is 16.8. The van der Waals surface area contributed by atoms with Crippen molar-refractivity contribution in [2.75, 3.05) is 30.4 Å². The summed E-state index contributed by atoms with van der Waals surface area (Å²) in [6.07, 6.45) is -2.15. The van der Waals surface area contributed by atoms with Gasteiger partial charge in [0.1, 0.15) is 5.82 Å². The first kappa shape index (κ1) is 21.6. The van der Waals surface area contributed by atoms with Gasteiger partial charge in [-0.3, -0.25) is 4.79 Å². The number of halogens is 3. The molecule has 0 radical (unpaired) electrons. The lowest BCUT2D eigenvalue weighted by molar-refractivity contribution is -0.137. The van der Waals surface area contributed by atoms with Crippen molar-refractivity contribution >= 4 is 23.4 Å². The fourth-order valence-electron chi connectivity index (χ4n) is 3.53. The van der Waals surface area contributed by atoms with Crippen LogP contribution in [0.4, 0.5) is 24.7 Å². The lowest BCUT2D eigenvalue weighted by Crippen LogP contribution is -2.42. The maximum Gasteiger partial charge on any atom is 0.419 e. The number of nitrogens with one attached hydrogen (secondary N) is 1. The number of esters is 1. The number of nitrogens with zero attached hydrogens (tertiary/aromatic N) is 2. The van der Waals surface area contributed by atoms with Crippen LogP contribution in [0.15, 0.2) is 36.5 Å². The number of pyridine rings is 1. The zero-order chi connectivity index (χ0) is 21.9. The molecule has 1 aromatic heterocycles. The van der Waals surface area contributed by atoms with Gasteiger partial charge in [-0.05, 0) is 44.0 Å². The van der Waals surface area contributed by atoms with Crippen molar-refractivity contribution in [3.05, 3.63) is 53.2 Å². The molecule has 2 heterocycles. The fourth-order valence-corrected chi connectivity index (χ4v) is 3.53. The van der Waals surface area contributed by atoms with E-state index in [1.165, 1.54) is 24.3 Å². The number of amides is 1. The van der Waals surface area contributed by atoms with Gasteiger partial charge in [-0.2, -0.15) is 13.2 Å². The molecule has 0 bridgehead atoms. The van der Waals surface area contributed by atoms with Crippen LogP contribution in [0, 0.1) is 12.8 Å². The molecular weight excluding hydrogens is 399 g/mol. The number of methoxy groups -OCH3 is 1. The SMILES string of the molecule is COC(=O)c1cc(C)ccc1NC(=O)C1CCCN(c2ncccc2C(F)(F)F)C1. The van der Waals surface area contributed by atoms with Gasteiger partial charge in [0.25, 0.3) is 0 Å². The van der Waals surface area contributed by atoms with Crippen LogP contribution in [0.5, 0.6) is 0 Å². The Kier molecular flexibility index (Phi) is 6.28. The molecule has 1 N–H and O–H groups in total.